The zero-order chi connectivity index (χ0) is 9.45. The van der Waals surface area contributed by atoms with E-state index in [0.29, 0.717) is 0 Å². The van der Waals surface area contributed by atoms with Gasteiger partial charge in [-0.2, -0.15) is 0 Å². The average molecular weight is 174 g/mol. The number of aliphatic hydroxyl groups excluding tert-OH is 1. The van der Waals surface area contributed by atoms with Crippen LogP contribution in [-0.4, -0.2) is 23.9 Å². The summed E-state index contributed by atoms with van der Waals surface area (Å²) < 4.78 is 5.72. The lowest BCUT2D eigenvalue weighted by atomic mass is 10.0. The summed E-state index contributed by atoms with van der Waals surface area (Å²) in [6.45, 7) is 7.49. The van der Waals surface area contributed by atoms with E-state index in [2.05, 4.69) is 20.8 Å². The van der Waals surface area contributed by atoms with E-state index < -0.39 is 0 Å². The molecule has 0 spiro atoms. The normalized spacial score (nSPS) is 12.0. The Morgan fingerprint density at radius 1 is 1.17 bits per heavy atom. The van der Waals surface area contributed by atoms with Crippen LogP contribution in [0.1, 0.15) is 46.5 Å². The van der Waals surface area contributed by atoms with Gasteiger partial charge in [0.25, 0.3) is 0 Å². The molecule has 0 bridgehead atoms. The van der Waals surface area contributed by atoms with Crippen molar-refractivity contribution in [3.63, 3.8) is 0 Å². The van der Waals surface area contributed by atoms with Gasteiger partial charge in [-0.15, -0.1) is 0 Å². The molecule has 0 unspecified atom stereocenters. The van der Waals surface area contributed by atoms with Gasteiger partial charge in [0.1, 0.15) is 0 Å². The summed E-state index contributed by atoms with van der Waals surface area (Å²) in [5, 5.41) is 8.55. The van der Waals surface area contributed by atoms with Crippen molar-refractivity contribution < 1.29 is 9.84 Å². The van der Waals surface area contributed by atoms with Gasteiger partial charge in [-0.1, -0.05) is 13.8 Å². The predicted molar refractivity (Wildman–Crippen MR) is 51.3 cm³/mol. The maximum Gasteiger partial charge on any atom is 0.0649 e. The first kappa shape index (κ1) is 11.9. The van der Waals surface area contributed by atoms with Crippen molar-refractivity contribution in [1.82, 2.24) is 0 Å². The van der Waals surface area contributed by atoms with Crippen LogP contribution < -0.4 is 0 Å². The van der Waals surface area contributed by atoms with Crippen molar-refractivity contribution in [1.29, 1.82) is 0 Å². The minimum atomic E-state index is 0.0510. The van der Waals surface area contributed by atoms with E-state index in [1.54, 1.807) is 0 Å². The van der Waals surface area contributed by atoms with Gasteiger partial charge in [0, 0.05) is 13.2 Å². The van der Waals surface area contributed by atoms with Crippen LogP contribution in [0.4, 0.5) is 0 Å². The molecule has 0 aliphatic rings. The Balaban J connectivity index is 3.45. The molecular formula is C10H22O2. The number of aliphatic hydroxyl groups is 1. The Labute approximate surface area is 75.9 Å². The third-order valence-corrected chi connectivity index (χ3v) is 2.50. The third kappa shape index (κ3) is 4.73. The summed E-state index contributed by atoms with van der Waals surface area (Å²) in [4.78, 5) is 0. The highest BCUT2D eigenvalue weighted by Crippen LogP contribution is 2.19. The van der Waals surface area contributed by atoms with Gasteiger partial charge in [-0.25, -0.2) is 0 Å². The number of ether oxygens (including phenoxy) is 1. The monoisotopic (exact) mass is 174 g/mol. The van der Waals surface area contributed by atoms with Crippen LogP contribution in [0.5, 0.6) is 0 Å². The van der Waals surface area contributed by atoms with Crippen LogP contribution >= 0.6 is 0 Å². The fraction of sp³-hybridized carbons (Fsp3) is 1.00. The van der Waals surface area contributed by atoms with E-state index in [4.69, 9.17) is 9.84 Å². The standard InChI is InChI=1S/C10H22O2/c1-4-10(3,5-2)12-9-7-6-8-11/h11H,4-9H2,1-3H3. The fourth-order valence-corrected chi connectivity index (χ4v) is 0.987. The highest BCUT2D eigenvalue weighted by atomic mass is 16.5. The summed E-state index contributed by atoms with van der Waals surface area (Å²) >= 11 is 0. The van der Waals surface area contributed by atoms with Crippen molar-refractivity contribution in [2.75, 3.05) is 13.2 Å². The first-order valence-corrected chi connectivity index (χ1v) is 4.93. The van der Waals surface area contributed by atoms with Crippen LogP contribution in [0.25, 0.3) is 0 Å². The predicted octanol–water partition coefficient (Wildman–Crippen LogP) is 2.35. The van der Waals surface area contributed by atoms with Gasteiger partial charge < -0.3 is 9.84 Å². The largest absolute Gasteiger partial charge is 0.396 e. The zero-order valence-electron chi connectivity index (χ0n) is 8.60. The van der Waals surface area contributed by atoms with E-state index in [-0.39, 0.29) is 12.2 Å². The molecule has 0 fully saturated rings. The molecule has 2 heteroatoms. The molecule has 0 radical (unpaired) electrons. The molecule has 2 nitrogen and oxygen atoms in total. The minimum absolute atomic E-state index is 0.0510. The molecule has 0 amide bonds. The van der Waals surface area contributed by atoms with Crippen LogP contribution in [0, 0.1) is 0 Å². The van der Waals surface area contributed by atoms with Gasteiger partial charge in [-0.3, -0.25) is 0 Å². The second-order valence-corrected chi connectivity index (χ2v) is 3.44. The molecule has 0 saturated heterocycles. The SMILES string of the molecule is CCC(C)(CC)OCCCCO. The molecule has 0 aromatic heterocycles. The molecule has 0 atom stereocenters. The van der Waals surface area contributed by atoms with Crippen molar-refractivity contribution >= 4 is 0 Å². The molecule has 0 aliphatic heterocycles. The summed E-state index contributed by atoms with van der Waals surface area (Å²) in [5.41, 5.74) is 0.0510. The highest BCUT2D eigenvalue weighted by Gasteiger charge is 2.19. The van der Waals surface area contributed by atoms with Crippen molar-refractivity contribution in [2.45, 2.75) is 52.1 Å². The molecule has 0 aliphatic carbocycles. The fourth-order valence-electron chi connectivity index (χ4n) is 0.987. The first-order valence-electron chi connectivity index (χ1n) is 4.93. The van der Waals surface area contributed by atoms with Crippen molar-refractivity contribution in [3.8, 4) is 0 Å². The lowest BCUT2D eigenvalue weighted by molar-refractivity contribution is -0.0393. The van der Waals surface area contributed by atoms with E-state index in [1.807, 2.05) is 0 Å². The second-order valence-electron chi connectivity index (χ2n) is 3.44. The number of hydrogen-bond donors (Lipinski definition) is 1. The second kappa shape index (κ2) is 6.44. The average Bonchev–Trinajstić information content (AvgIpc) is 2.12. The Bertz CT molecular complexity index is 98.0. The Morgan fingerprint density at radius 3 is 2.17 bits per heavy atom. The van der Waals surface area contributed by atoms with E-state index in [9.17, 15) is 0 Å². The van der Waals surface area contributed by atoms with Gasteiger partial charge in [-0.05, 0) is 32.6 Å². The maximum atomic E-state index is 8.55. The Morgan fingerprint density at radius 2 is 1.75 bits per heavy atom. The molecule has 0 aromatic carbocycles. The van der Waals surface area contributed by atoms with Crippen LogP contribution in [0.3, 0.4) is 0 Å². The lowest BCUT2D eigenvalue weighted by Gasteiger charge is -2.27. The number of unbranched alkanes of at least 4 members (excludes halogenated alkanes) is 1. The Hall–Kier alpha value is -0.0800. The van der Waals surface area contributed by atoms with Gasteiger partial charge in [0.05, 0.1) is 5.60 Å². The van der Waals surface area contributed by atoms with Crippen molar-refractivity contribution in [3.05, 3.63) is 0 Å². The van der Waals surface area contributed by atoms with Gasteiger partial charge in [0.2, 0.25) is 0 Å². The molecule has 12 heavy (non-hydrogen) atoms. The van der Waals surface area contributed by atoms with E-state index >= 15 is 0 Å². The third-order valence-electron chi connectivity index (χ3n) is 2.50. The minimum Gasteiger partial charge on any atom is -0.396 e. The number of rotatable bonds is 7. The topological polar surface area (TPSA) is 29.5 Å². The number of hydrogen-bond acceptors (Lipinski definition) is 2. The van der Waals surface area contributed by atoms with E-state index in [1.165, 1.54) is 0 Å². The summed E-state index contributed by atoms with van der Waals surface area (Å²) in [7, 11) is 0. The van der Waals surface area contributed by atoms with Gasteiger partial charge >= 0.3 is 0 Å². The van der Waals surface area contributed by atoms with Crippen LogP contribution in [-0.2, 0) is 4.74 Å². The van der Waals surface area contributed by atoms with Crippen LogP contribution in [0.2, 0.25) is 0 Å². The molecule has 1 N–H and O–H groups in total. The quantitative estimate of drug-likeness (QED) is 0.600. The van der Waals surface area contributed by atoms with Crippen molar-refractivity contribution in [2.24, 2.45) is 0 Å². The smallest absolute Gasteiger partial charge is 0.0649 e. The van der Waals surface area contributed by atoms with E-state index in [0.717, 1.165) is 32.3 Å². The van der Waals surface area contributed by atoms with Gasteiger partial charge in [0.15, 0.2) is 0 Å². The molecular weight excluding hydrogens is 152 g/mol. The molecule has 0 heterocycles. The molecule has 74 valence electrons. The molecule has 0 rings (SSSR count). The zero-order valence-corrected chi connectivity index (χ0v) is 8.60. The maximum absolute atomic E-state index is 8.55. The molecule has 0 aromatic rings. The summed E-state index contributed by atoms with van der Waals surface area (Å²) in [6, 6.07) is 0. The lowest BCUT2D eigenvalue weighted by Crippen LogP contribution is -2.27. The highest BCUT2D eigenvalue weighted by molar-refractivity contribution is 4.70. The Kier molecular flexibility index (Phi) is 6.39. The first-order chi connectivity index (χ1) is 5.68. The van der Waals surface area contributed by atoms with Crippen LogP contribution in [0.15, 0.2) is 0 Å². The summed E-state index contributed by atoms with van der Waals surface area (Å²) in [5.74, 6) is 0. The molecule has 0 saturated carbocycles. The summed E-state index contributed by atoms with van der Waals surface area (Å²) in [6.07, 6.45) is 3.93.